The van der Waals surface area contributed by atoms with Gasteiger partial charge in [0.25, 0.3) is 0 Å². The summed E-state index contributed by atoms with van der Waals surface area (Å²) in [6.45, 7) is 0. The highest BCUT2D eigenvalue weighted by Crippen LogP contribution is 2.19. The van der Waals surface area contributed by atoms with Gasteiger partial charge in [0.05, 0.1) is 11.0 Å². The smallest absolute Gasteiger partial charge is 0.159 e. The Labute approximate surface area is 85.3 Å². The highest BCUT2D eigenvalue weighted by Gasteiger charge is 2.06. The number of anilines is 1. The van der Waals surface area contributed by atoms with Crippen molar-refractivity contribution in [1.29, 1.82) is 0 Å². The molecule has 3 rings (SSSR count). The molecule has 0 bridgehead atoms. The van der Waals surface area contributed by atoms with E-state index in [0.29, 0.717) is 5.69 Å². The molecule has 0 aliphatic heterocycles. The van der Waals surface area contributed by atoms with Crippen LogP contribution in [0.5, 0.6) is 0 Å². The lowest BCUT2D eigenvalue weighted by atomic mass is 10.3. The van der Waals surface area contributed by atoms with E-state index in [2.05, 4.69) is 20.2 Å². The zero-order valence-corrected chi connectivity index (χ0v) is 7.86. The number of aromatic nitrogens is 4. The van der Waals surface area contributed by atoms with Crippen LogP contribution >= 0.6 is 0 Å². The molecule has 0 saturated carbocycles. The van der Waals surface area contributed by atoms with Crippen molar-refractivity contribution in [2.75, 3.05) is 5.73 Å². The van der Waals surface area contributed by atoms with Crippen molar-refractivity contribution in [1.82, 2.24) is 20.2 Å². The molecule has 3 aromatic rings. The summed E-state index contributed by atoms with van der Waals surface area (Å²) >= 11 is 0. The number of H-pyrrole nitrogens is 2. The molecular formula is C10H9N5. The first-order valence-corrected chi connectivity index (χ1v) is 4.58. The van der Waals surface area contributed by atoms with Gasteiger partial charge in [-0.15, -0.1) is 0 Å². The number of nitrogens with one attached hydrogen (secondary N) is 2. The second kappa shape index (κ2) is 2.84. The van der Waals surface area contributed by atoms with Crippen LogP contribution in [-0.4, -0.2) is 20.2 Å². The fourth-order valence-electron chi connectivity index (χ4n) is 1.54. The second-order valence-electron chi connectivity index (χ2n) is 3.32. The van der Waals surface area contributed by atoms with Crippen LogP contribution in [0.3, 0.4) is 0 Å². The number of nitrogen functional groups attached to an aromatic ring is 1. The Morgan fingerprint density at radius 1 is 1.20 bits per heavy atom. The van der Waals surface area contributed by atoms with Crippen molar-refractivity contribution < 1.29 is 0 Å². The Morgan fingerprint density at radius 2 is 2.13 bits per heavy atom. The first kappa shape index (κ1) is 8.05. The zero-order valence-electron chi connectivity index (χ0n) is 7.86. The third-order valence-electron chi connectivity index (χ3n) is 2.25. The molecule has 0 atom stereocenters. The number of nitrogens with zero attached hydrogens (tertiary/aromatic N) is 2. The van der Waals surface area contributed by atoms with E-state index < -0.39 is 0 Å². The number of benzene rings is 1. The molecule has 2 aromatic heterocycles. The maximum Gasteiger partial charge on any atom is 0.159 e. The third kappa shape index (κ3) is 1.25. The topological polar surface area (TPSA) is 83.4 Å². The summed E-state index contributed by atoms with van der Waals surface area (Å²) in [7, 11) is 0. The Balaban J connectivity index is 2.22. The van der Waals surface area contributed by atoms with E-state index in [-0.39, 0.29) is 0 Å². The minimum Gasteiger partial charge on any atom is -0.399 e. The van der Waals surface area contributed by atoms with Gasteiger partial charge < -0.3 is 10.7 Å². The quantitative estimate of drug-likeness (QED) is 0.520. The van der Waals surface area contributed by atoms with Gasteiger partial charge in [0.15, 0.2) is 5.82 Å². The summed E-state index contributed by atoms with van der Waals surface area (Å²) in [5, 5.41) is 6.80. The predicted octanol–water partition coefficient (Wildman–Crippen LogP) is 1.54. The van der Waals surface area contributed by atoms with E-state index in [0.717, 1.165) is 22.6 Å². The molecule has 2 heterocycles. The molecule has 15 heavy (non-hydrogen) atoms. The molecule has 1 aromatic carbocycles. The number of imidazole rings is 1. The summed E-state index contributed by atoms with van der Waals surface area (Å²) in [6, 6.07) is 7.45. The molecule has 74 valence electrons. The maximum absolute atomic E-state index is 5.68. The molecule has 0 amide bonds. The van der Waals surface area contributed by atoms with Gasteiger partial charge in [0.2, 0.25) is 0 Å². The molecule has 0 saturated heterocycles. The molecule has 4 N–H and O–H groups in total. The SMILES string of the molecule is Nc1ccc2[nH]c(-c3cc[nH]n3)nc2c1. The first-order chi connectivity index (χ1) is 7.33. The van der Waals surface area contributed by atoms with Gasteiger partial charge >= 0.3 is 0 Å². The minimum atomic E-state index is 0.711. The maximum atomic E-state index is 5.68. The van der Waals surface area contributed by atoms with Gasteiger partial charge in [0.1, 0.15) is 5.69 Å². The molecule has 0 spiro atoms. The molecule has 5 nitrogen and oxygen atoms in total. The highest BCUT2D eigenvalue weighted by molar-refractivity contribution is 5.81. The normalized spacial score (nSPS) is 10.9. The Kier molecular flexibility index (Phi) is 1.53. The van der Waals surface area contributed by atoms with Crippen molar-refractivity contribution in [2.24, 2.45) is 0 Å². The molecular weight excluding hydrogens is 190 g/mol. The average Bonchev–Trinajstić information content (AvgIpc) is 2.84. The fraction of sp³-hybridized carbons (Fsp3) is 0. The molecule has 0 unspecified atom stereocenters. The molecule has 0 aliphatic rings. The second-order valence-corrected chi connectivity index (χ2v) is 3.32. The van der Waals surface area contributed by atoms with Crippen molar-refractivity contribution in [3.8, 4) is 11.5 Å². The Morgan fingerprint density at radius 3 is 2.93 bits per heavy atom. The van der Waals surface area contributed by atoms with Crippen LogP contribution in [-0.2, 0) is 0 Å². The van der Waals surface area contributed by atoms with Gasteiger partial charge in [-0.25, -0.2) is 4.98 Å². The number of fused-ring (bicyclic) bond motifs is 1. The number of hydrogen-bond donors (Lipinski definition) is 3. The van der Waals surface area contributed by atoms with Gasteiger partial charge in [-0.2, -0.15) is 5.10 Å². The van der Waals surface area contributed by atoms with E-state index in [1.165, 1.54) is 0 Å². The van der Waals surface area contributed by atoms with E-state index in [4.69, 9.17) is 5.73 Å². The number of hydrogen-bond acceptors (Lipinski definition) is 3. The largest absolute Gasteiger partial charge is 0.399 e. The predicted molar refractivity (Wildman–Crippen MR) is 58.1 cm³/mol. The summed E-state index contributed by atoms with van der Waals surface area (Å²) in [6.07, 6.45) is 1.76. The van der Waals surface area contributed by atoms with E-state index in [9.17, 15) is 0 Å². The van der Waals surface area contributed by atoms with Crippen LogP contribution < -0.4 is 5.73 Å². The van der Waals surface area contributed by atoms with Crippen LogP contribution in [0.1, 0.15) is 0 Å². The fourth-order valence-corrected chi connectivity index (χ4v) is 1.54. The molecule has 0 fully saturated rings. The van der Waals surface area contributed by atoms with E-state index >= 15 is 0 Å². The average molecular weight is 199 g/mol. The highest BCUT2D eigenvalue weighted by atomic mass is 15.1. The Bertz CT molecular complexity index is 593. The molecule has 0 radical (unpaired) electrons. The monoisotopic (exact) mass is 199 g/mol. The van der Waals surface area contributed by atoms with Crippen LogP contribution in [0.25, 0.3) is 22.6 Å². The van der Waals surface area contributed by atoms with Crippen LogP contribution in [0.15, 0.2) is 30.5 Å². The van der Waals surface area contributed by atoms with Crippen molar-refractivity contribution in [2.45, 2.75) is 0 Å². The third-order valence-corrected chi connectivity index (χ3v) is 2.25. The van der Waals surface area contributed by atoms with Crippen molar-refractivity contribution >= 4 is 16.7 Å². The van der Waals surface area contributed by atoms with Crippen LogP contribution in [0.2, 0.25) is 0 Å². The lowest BCUT2D eigenvalue weighted by Crippen LogP contribution is -1.82. The first-order valence-electron chi connectivity index (χ1n) is 4.58. The summed E-state index contributed by atoms with van der Waals surface area (Å²) in [5.41, 5.74) is 9.00. The van der Waals surface area contributed by atoms with Crippen LogP contribution in [0.4, 0.5) is 5.69 Å². The summed E-state index contributed by atoms with van der Waals surface area (Å²) in [5.74, 6) is 0.747. The zero-order chi connectivity index (χ0) is 10.3. The van der Waals surface area contributed by atoms with Gasteiger partial charge in [-0.1, -0.05) is 0 Å². The van der Waals surface area contributed by atoms with Gasteiger partial charge in [-0.3, -0.25) is 5.10 Å². The summed E-state index contributed by atoms with van der Waals surface area (Å²) < 4.78 is 0. The lowest BCUT2D eigenvalue weighted by molar-refractivity contribution is 1.08. The van der Waals surface area contributed by atoms with Gasteiger partial charge in [0, 0.05) is 11.9 Å². The minimum absolute atomic E-state index is 0.711. The van der Waals surface area contributed by atoms with Crippen molar-refractivity contribution in [3.05, 3.63) is 30.5 Å². The lowest BCUT2D eigenvalue weighted by Gasteiger charge is -1.89. The number of aromatic amines is 2. The number of nitrogens with two attached hydrogens (primary N) is 1. The van der Waals surface area contributed by atoms with Crippen LogP contribution in [0, 0.1) is 0 Å². The number of rotatable bonds is 1. The van der Waals surface area contributed by atoms with Crippen molar-refractivity contribution in [3.63, 3.8) is 0 Å². The summed E-state index contributed by atoms with van der Waals surface area (Å²) in [4.78, 5) is 7.57. The molecule has 5 heteroatoms. The standard InChI is InChI=1S/C10H9N5/c11-6-1-2-7-9(5-6)14-10(13-7)8-3-4-12-15-8/h1-5H,11H2,(H,12,15)(H,13,14). The Hall–Kier alpha value is -2.30. The molecule has 0 aliphatic carbocycles. The van der Waals surface area contributed by atoms with E-state index in [1.807, 2.05) is 24.3 Å². The van der Waals surface area contributed by atoms with E-state index in [1.54, 1.807) is 6.20 Å². The van der Waals surface area contributed by atoms with Gasteiger partial charge in [-0.05, 0) is 24.3 Å².